The van der Waals surface area contributed by atoms with Crippen LogP contribution in [0.4, 0.5) is 17.2 Å². The van der Waals surface area contributed by atoms with E-state index >= 15 is 0 Å². The molecule has 0 unspecified atom stereocenters. The summed E-state index contributed by atoms with van der Waals surface area (Å²) in [6.07, 6.45) is 3.68. The van der Waals surface area contributed by atoms with Gasteiger partial charge >= 0.3 is 0 Å². The summed E-state index contributed by atoms with van der Waals surface area (Å²) in [5.41, 5.74) is 12.6. The number of rotatable bonds is 3. The summed E-state index contributed by atoms with van der Waals surface area (Å²) in [4.78, 5) is 2.45. The topological polar surface area (TPSA) is 12.1 Å². The summed E-state index contributed by atoms with van der Waals surface area (Å²) >= 11 is 0. The maximum atomic E-state index is 3.68. The summed E-state index contributed by atoms with van der Waals surface area (Å²) in [6, 6.07) is 32.7. The van der Waals surface area contributed by atoms with Gasteiger partial charge in [0.1, 0.15) is 11.5 Å². The highest BCUT2D eigenvalue weighted by Crippen LogP contribution is 2.38. The Kier molecular flexibility index (Phi) is 5.33. The van der Waals surface area contributed by atoms with Crippen molar-refractivity contribution in [2.75, 3.05) is 4.90 Å². The third kappa shape index (κ3) is 3.32. The number of hydrogen-bond acceptors (Lipinski definition) is 1. The Balaban J connectivity index is 1.77. The molecule has 0 atom stereocenters. The van der Waals surface area contributed by atoms with E-state index in [1.54, 1.807) is 0 Å². The van der Waals surface area contributed by atoms with Gasteiger partial charge < -0.3 is 9.13 Å². The maximum absolute atomic E-state index is 3.68. The van der Waals surface area contributed by atoms with Gasteiger partial charge in [0.05, 0.1) is 5.69 Å². The van der Waals surface area contributed by atoms with Crippen molar-refractivity contribution in [2.24, 2.45) is 7.05 Å². The molecule has 4 heteroatoms. The van der Waals surface area contributed by atoms with Crippen LogP contribution in [-0.4, -0.2) is 11.3 Å². The van der Waals surface area contributed by atoms with E-state index in [9.17, 15) is 0 Å². The van der Waals surface area contributed by atoms with Gasteiger partial charge in [0.25, 0.3) is 0 Å². The molecule has 0 N–H and O–H groups in total. The predicted molar refractivity (Wildman–Crippen MR) is 151 cm³/mol. The third-order valence-electron chi connectivity index (χ3n) is 7.52. The fourth-order valence-corrected chi connectivity index (χ4v) is 5.98. The summed E-state index contributed by atoms with van der Waals surface area (Å²) in [5, 5.41) is 0. The monoisotopic (exact) mass is 467 g/mol. The van der Waals surface area contributed by atoms with Gasteiger partial charge in [0.15, 0.2) is 6.33 Å². The number of nitrogens with zero attached hydrogens (tertiary/aromatic N) is 3. The van der Waals surface area contributed by atoms with E-state index in [1.165, 1.54) is 50.1 Å². The maximum Gasteiger partial charge on any atom is 0.230 e. The molecular formula is C32H30BN3. The largest absolute Gasteiger partial charge is 0.360 e. The summed E-state index contributed by atoms with van der Waals surface area (Å²) < 4.78 is 4.44. The van der Waals surface area contributed by atoms with Crippen LogP contribution in [0.2, 0.25) is 0 Å². The fourth-order valence-electron chi connectivity index (χ4n) is 5.98. The molecule has 1 aliphatic rings. The van der Waals surface area contributed by atoms with Crippen molar-refractivity contribution in [3.63, 3.8) is 0 Å². The lowest BCUT2D eigenvalue weighted by molar-refractivity contribution is -0.661. The lowest BCUT2D eigenvalue weighted by Crippen LogP contribution is -2.61. The van der Waals surface area contributed by atoms with Gasteiger partial charge in [-0.25, -0.2) is 0 Å². The minimum absolute atomic E-state index is 0.0793. The molecule has 1 aromatic heterocycles. The smallest absolute Gasteiger partial charge is 0.230 e. The molecule has 6 rings (SSSR count). The number of imidazole rings is 1. The third-order valence-corrected chi connectivity index (χ3v) is 7.52. The van der Waals surface area contributed by atoms with Crippen molar-refractivity contribution in [3.8, 4) is 5.69 Å². The van der Waals surface area contributed by atoms with Crippen LogP contribution in [0, 0.1) is 34.0 Å². The second-order valence-corrected chi connectivity index (χ2v) is 9.91. The second kappa shape index (κ2) is 8.56. The summed E-state index contributed by atoms with van der Waals surface area (Å²) in [7, 11) is 2.12. The molecule has 0 saturated carbocycles. The Hall–Kier alpha value is -4.05. The molecule has 4 aromatic carbocycles. The van der Waals surface area contributed by atoms with Crippen LogP contribution in [0.25, 0.3) is 5.69 Å². The molecule has 3 nitrogen and oxygen atoms in total. The van der Waals surface area contributed by atoms with Crippen molar-refractivity contribution in [1.29, 1.82) is 0 Å². The number of aryl methyl sites for hydroxylation is 5. The van der Waals surface area contributed by atoms with Crippen molar-refractivity contribution in [1.82, 2.24) is 4.57 Å². The molecule has 0 radical (unpaired) electrons. The average Bonchev–Trinajstić information content (AvgIpc) is 3.22. The quantitative estimate of drug-likeness (QED) is 0.210. The van der Waals surface area contributed by atoms with Crippen LogP contribution in [0.15, 0.2) is 91.0 Å². The first-order valence-electron chi connectivity index (χ1n) is 12.6. The lowest BCUT2D eigenvalue weighted by atomic mass is 9.35. The van der Waals surface area contributed by atoms with E-state index in [0.29, 0.717) is 0 Å². The molecule has 0 fully saturated rings. The van der Waals surface area contributed by atoms with Crippen LogP contribution in [0.3, 0.4) is 0 Å². The molecule has 5 aromatic rings. The van der Waals surface area contributed by atoms with Gasteiger partial charge in [-0.05, 0) is 50.4 Å². The normalized spacial score (nSPS) is 12.5. The van der Waals surface area contributed by atoms with Crippen molar-refractivity contribution < 1.29 is 4.57 Å². The van der Waals surface area contributed by atoms with Crippen LogP contribution in [0.5, 0.6) is 0 Å². The van der Waals surface area contributed by atoms with E-state index in [2.05, 4.69) is 146 Å². The minimum Gasteiger partial charge on any atom is -0.360 e. The van der Waals surface area contributed by atoms with Gasteiger partial charge in [0.2, 0.25) is 6.71 Å². The first-order chi connectivity index (χ1) is 17.5. The Morgan fingerprint density at radius 3 is 1.92 bits per heavy atom. The number of aromatic nitrogens is 2. The minimum atomic E-state index is 0.0793. The molecule has 0 amide bonds. The Labute approximate surface area is 214 Å². The molecule has 1 aliphatic heterocycles. The van der Waals surface area contributed by atoms with Crippen LogP contribution in [-0.2, 0) is 7.05 Å². The Bertz CT molecular complexity index is 1560. The van der Waals surface area contributed by atoms with Crippen LogP contribution in [0.1, 0.15) is 22.3 Å². The van der Waals surface area contributed by atoms with E-state index in [0.717, 1.165) is 11.5 Å². The fraction of sp³-hybridized carbons (Fsp3) is 0.156. The SMILES string of the molecule is Cc1cccc(C)c1B1c2ccccc2N(c2c(C)cccc2C)c2c1n(-c1ccccc1)[c-][n+]2C. The standard InChI is InChI=1S/C32H30BN3/c1-22-13-11-14-23(2)29(22)33-27-19-9-10-20-28(27)36(30-24(3)15-12-16-25(30)4)32-31(33)35(21-34(32)5)26-17-7-6-8-18-26/h6-20H,1-5H3. The number of hydrogen-bond donors (Lipinski definition) is 0. The van der Waals surface area contributed by atoms with Crippen LogP contribution < -0.4 is 26.0 Å². The molecule has 0 aliphatic carbocycles. The van der Waals surface area contributed by atoms with E-state index in [-0.39, 0.29) is 6.71 Å². The lowest BCUT2D eigenvalue weighted by Gasteiger charge is -2.37. The summed E-state index contributed by atoms with van der Waals surface area (Å²) in [6.45, 7) is 8.97. The predicted octanol–water partition coefficient (Wildman–Crippen LogP) is 4.64. The number of benzene rings is 4. The van der Waals surface area contributed by atoms with Gasteiger partial charge in [-0.15, -0.1) is 0 Å². The van der Waals surface area contributed by atoms with Crippen molar-refractivity contribution in [3.05, 3.63) is 120 Å². The van der Waals surface area contributed by atoms with E-state index in [1.807, 2.05) is 0 Å². The zero-order valence-corrected chi connectivity index (χ0v) is 21.6. The van der Waals surface area contributed by atoms with E-state index in [4.69, 9.17) is 0 Å². The Morgan fingerprint density at radius 1 is 0.667 bits per heavy atom. The average molecular weight is 467 g/mol. The van der Waals surface area contributed by atoms with Gasteiger partial charge in [-0.1, -0.05) is 102 Å². The highest BCUT2D eigenvalue weighted by Gasteiger charge is 2.41. The molecular weight excluding hydrogens is 437 g/mol. The number of para-hydroxylation sites is 3. The van der Waals surface area contributed by atoms with E-state index < -0.39 is 0 Å². The second-order valence-electron chi connectivity index (χ2n) is 9.91. The number of fused-ring (bicyclic) bond motifs is 2. The molecule has 36 heavy (non-hydrogen) atoms. The van der Waals surface area contributed by atoms with Gasteiger partial charge in [-0.3, -0.25) is 4.90 Å². The van der Waals surface area contributed by atoms with Crippen molar-refractivity contribution in [2.45, 2.75) is 27.7 Å². The molecule has 176 valence electrons. The van der Waals surface area contributed by atoms with Crippen LogP contribution >= 0.6 is 0 Å². The zero-order valence-electron chi connectivity index (χ0n) is 21.6. The zero-order chi connectivity index (χ0) is 25.0. The van der Waals surface area contributed by atoms with Crippen molar-refractivity contribution >= 4 is 40.4 Å². The highest BCUT2D eigenvalue weighted by molar-refractivity contribution is 6.98. The van der Waals surface area contributed by atoms with Gasteiger partial charge in [0, 0.05) is 18.3 Å². The molecule has 0 bridgehead atoms. The first kappa shape index (κ1) is 22.4. The Morgan fingerprint density at radius 2 is 1.25 bits per heavy atom. The van der Waals surface area contributed by atoms with Gasteiger partial charge in [-0.2, -0.15) is 0 Å². The highest BCUT2D eigenvalue weighted by atomic mass is 15.3. The summed E-state index contributed by atoms with van der Waals surface area (Å²) in [5.74, 6) is 1.16. The first-order valence-corrected chi connectivity index (χ1v) is 12.6. The molecule has 2 heterocycles. The molecule has 0 saturated heterocycles. The number of anilines is 3. The molecule has 0 spiro atoms.